The molecule has 0 atom stereocenters. The Hall–Kier alpha value is -2.15. The predicted octanol–water partition coefficient (Wildman–Crippen LogP) is 1.89. The SMILES string of the molecule is COc1cccc(N2CCN(c3nc4c(c(=O)[nH]3)CSCC4)CC2)c1. The standard InChI is InChI=1S/C18H22N4O2S/c1-24-14-4-2-3-13(11-14)21-6-8-22(9-7-21)18-19-16-5-10-25-12-15(16)17(23)20-18/h2-4,11H,5-10,12H2,1H3,(H,19,20,23). The first-order chi connectivity index (χ1) is 12.2. The van der Waals surface area contributed by atoms with Gasteiger partial charge in [-0.2, -0.15) is 11.8 Å². The van der Waals surface area contributed by atoms with E-state index in [0.717, 1.165) is 67.1 Å². The highest BCUT2D eigenvalue weighted by molar-refractivity contribution is 7.98. The molecule has 0 bridgehead atoms. The Morgan fingerprint density at radius 2 is 2.00 bits per heavy atom. The number of fused-ring (bicyclic) bond motifs is 1. The van der Waals surface area contributed by atoms with E-state index >= 15 is 0 Å². The lowest BCUT2D eigenvalue weighted by Gasteiger charge is -2.36. The smallest absolute Gasteiger partial charge is 0.256 e. The van der Waals surface area contributed by atoms with Crippen LogP contribution in [0.5, 0.6) is 5.75 Å². The van der Waals surface area contributed by atoms with Crippen LogP contribution in [0.15, 0.2) is 29.1 Å². The molecule has 25 heavy (non-hydrogen) atoms. The van der Waals surface area contributed by atoms with Gasteiger partial charge in [0.25, 0.3) is 5.56 Å². The summed E-state index contributed by atoms with van der Waals surface area (Å²) in [5.74, 6) is 3.42. The number of rotatable bonds is 3. The minimum absolute atomic E-state index is 0.0300. The Labute approximate surface area is 151 Å². The molecule has 7 heteroatoms. The number of thioether (sulfide) groups is 1. The molecule has 2 aliphatic heterocycles. The summed E-state index contributed by atoms with van der Waals surface area (Å²) in [6, 6.07) is 8.14. The molecule has 0 unspecified atom stereocenters. The lowest BCUT2D eigenvalue weighted by atomic mass is 10.2. The molecule has 0 aliphatic carbocycles. The van der Waals surface area contributed by atoms with Gasteiger partial charge in [0.05, 0.1) is 12.8 Å². The average Bonchev–Trinajstić information content (AvgIpc) is 2.68. The topological polar surface area (TPSA) is 61.5 Å². The molecular formula is C18H22N4O2S. The van der Waals surface area contributed by atoms with Crippen molar-refractivity contribution < 1.29 is 4.74 Å². The molecule has 0 radical (unpaired) electrons. The summed E-state index contributed by atoms with van der Waals surface area (Å²) in [5.41, 5.74) is 3.04. The van der Waals surface area contributed by atoms with E-state index in [9.17, 15) is 4.79 Å². The van der Waals surface area contributed by atoms with Crippen LogP contribution in [-0.2, 0) is 12.2 Å². The van der Waals surface area contributed by atoms with Crippen molar-refractivity contribution in [1.82, 2.24) is 9.97 Å². The fraction of sp³-hybridized carbons (Fsp3) is 0.444. The van der Waals surface area contributed by atoms with E-state index < -0.39 is 0 Å². The largest absolute Gasteiger partial charge is 0.497 e. The third-order valence-electron chi connectivity index (χ3n) is 4.82. The number of H-pyrrole nitrogens is 1. The summed E-state index contributed by atoms with van der Waals surface area (Å²) >= 11 is 1.80. The molecular weight excluding hydrogens is 336 g/mol. The van der Waals surface area contributed by atoms with Gasteiger partial charge in [0.1, 0.15) is 5.75 Å². The van der Waals surface area contributed by atoms with Crippen LogP contribution in [0.3, 0.4) is 0 Å². The summed E-state index contributed by atoms with van der Waals surface area (Å²) in [4.78, 5) is 24.6. The monoisotopic (exact) mass is 358 g/mol. The zero-order valence-electron chi connectivity index (χ0n) is 14.3. The maximum Gasteiger partial charge on any atom is 0.256 e. The Balaban J connectivity index is 1.48. The van der Waals surface area contributed by atoms with E-state index in [1.165, 1.54) is 5.69 Å². The van der Waals surface area contributed by atoms with Crippen molar-refractivity contribution >= 4 is 23.4 Å². The molecule has 0 spiro atoms. The molecule has 1 N–H and O–H groups in total. The number of ether oxygens (including phenoxy) is 1. The van der Waals surface area contributed by atoms with Gasteiger partial charge in [-0.1, -0.05) is 6.07 Å². The van der Waals surface area contributed by atoms with Crippen LogP contribution < -0.4 is 20.1 Å². The molecule has 6 nitrogen and oxygen atoms in total. The predicted molar refractivity (Wildman–Crippen MR) is 102 cm³/mol. The molecule has 132 valence electrons. The fourth-order valence-electron chi connectivity index (χ4n) is 3.36. The van der Waals surface area contributed by atoms with Gasteiger partial charge in [-0.25, -0.2) is 4.98 Å². The van der Waals surface area contributed by atoms with E-state index in [-0.39, 0.29) is 5.56 Å². The van der Waals surface area contributed by atoms with Crippen LogP contribution >= 0.6 is 11.8 Å². The minimum Gasteiger partial charge on any atom is -0.497 e. The first-order valence-electron chi connectivity index (χ1n) is 8.58. The number of methoxy groups -OCH3 is 1. The zero-order chi connectivity index (χ0) is 17.2. The normalized spacial score (nSPS) is 17.3. The van der Waals surface area contributed by atoms with Crippen LogP contribution in [0.4, 0.5) is 11.6 Å². The molecule has 0 saturated carbocycles. The molecule has 1 saturated heterocycles. The molecule has 2 aliphatic rings. The third kappa shape index (κ3) is 3.33. The van der Waals surface area contributed by atoms with Crippen LogP contribution in [0.1, 0.15) is 11.3 Å². The van der Waals surface area contributed by atoms with Crippen LogP contribution in [-0.4, -0.2) is 49.0 Å². The van der Waals surface area contributed by atoms with E-state index in [4.69, 9.17) is 9.72 Å². The van der Waals surface area contributed by atoms with E-state index in [0.29, 0.717) is 0 Å². The molecule has 1 fully saturated rings. The Bertz CT molecular complexity index is 815. The molecule has 0 amide bonds. The van der Waals surface area contributed by atoms with E-state index in [1.807, 2.05) is 12.1 Å². The Morgan fingerprint density at radius 3 is 2.80 bits per heavy atom. The van der Waals surface area contributed by atoms with E-state index in [2.05, 4.69) is 26.9 Å². The van der Waals surface area contributed by atoms with E-state index in [1.54, 1.807) is 18.9 Å². The number of benzene rings is 1. The lowest BCUT2D eigenvalue weighted by molar-refractivity contribution is 0.414. The minimum atomic E-state index is 0.0300. The Morgan fingerprint density at radius 1 is 1.20 bits per heavy atom. The van der Waals surface area contributed by atoms with Crippen LogP contribution in [0.25, 0.3) is 0 Å². The molecule has 2 aromatic rings. The van der Waals surface area contributed by atoms with Gasteiger partial charge in [0, 0.05) is 49.2 Å². The van der Waals surface area contributed by atoms with Crippen molar-refractivity contribution in [3.05, 3.63) is 45.9 Å². The number of anilines is 2. The summed E-state index contributed by atoms with van der Waals surface area (Å²) in [6.07, 6.45) is 0.890. The van der Waals surface area contributed by atoms with Crippen molar-refractivity contribution in [3.63, 3.8) is 0 Å². The lowest BCUT2D eigenvalue weighted by Crippen LogP contribution is -2.47. The van der Waals surface area contributed by atoms with Gasteiger partial charge in [0.2, 0.25) is 5.95 Å². The summed E-state index contributed by atoms with van der Waals surface area (Å²) in [6.45, 7) is 3.47. The number of aromatic amines is 1. The highest BCUT2D eigenvalue weighted by Gasteiger charge is 2.22. The maximum absolute atomic E-state index is 12.3. The number of hydrogen-bond donors (Lipinski definition) is 1. The van der Waals surface area contributed by atoms with Gasteiger partial charge in [-0.3, -0.25) is 9.78 Å². The van der Waals surface area contributed by atoms with Gasteiger partial charge in [0.15, 0.2) is 0 Å². The first-order valence-corrected chi connectivity index (χ1v) is 9.74. The van der Waals surface area contributed by atoms with Gasteiger partial charge >= 0.3 is 0 Å². The fourth-order valence-corrected chi connectivity index (χ4v) is 4.35. The average molecular weight is 358 g/mol. The summed E-state index contributed by atoms with van der Waals surface area (Å²) in [5, 5.41) is 0. The van der Waals surface area contributed by atoms with Gasteiger partial charge in [-0.05, 0) is 24.3 Å². The maximum atomic E-state index is 12.3. The van der Waals surface area contributed by atoms with Crippen molar-refractivity contribution in [2.75, 3.05) is 48.8 Å². The van der Waals surface area contributed by atoms with Crippen molar-refractivity contribution in [2.45, 2.75) is 12.2 Å². The zero-order valence-corrected chi connectivity index (χ0v) is 15.1. The highest BCUT2D eigenvalue weighted by Crippen LogP contribution is 2.24. The second-order valence-electron chi connectivity index (χ2n) is 6.29. The second-order valence-corrected chi connectivity index (χ2v) is 7.40. The van der Waals surface area contributed by atoms with Crippen molar-refractivity contribution in [3.8, 4) is 5.75 Å². The third-order valence-corrected chi connectivity index (χ3v) is 5.80. The Kier molecular flexibility index (Phi) is 4.57. The number of piperazine rings is 1. The van der Waals surface area contributed by atoms with Gasteiger partial charge < -0.3 is 14.5 Å². The first kappa shape index (κ1) is 16.3. The number of nitrogens with one attached hydrogen (secondary N) is 1. The summed E-state index contributed by atoms with van der Waals surface area (Å²) in [7, 11) is 1.69. The number of hydrogen-bond acceptors (Lipinski definition) is 6. The van der Waals surface area contributed by atoms with Crippen molar-refractivity contribution in [2.24, 2.45) is 0 Å². The summed E-state index contributed by atoms with van der Waals surface area (Å²) < 4.78 is 5.31. The van der Waals surface area contributed by atoms with Crippen molar-refractivity contribution in [1.29, 1.82) is 0 Å². The molecule has 1 aromatic carbocycles. The second kappa shape index (κ2) is 7.00. The molecule has 3 heterocycles. The van der Waals surface area contributed by atoms with Crippen LogP contribution in [0, 0.1) is 0 Å². The van der Waals surface area contributed by atoms with Gasteiger partial charge in [-0.15, -0.1) is 0 Å². The number of aryl methyl sites for hydroxylation is 1. The molecule has 1 aromatic heterocycles. The highest BCUT2D eigenvalue weighted by atomic mass is 32.2. The van der Waals surface area contributed by atoms with Crippen LogP contribution in [0.2, 0.25) is 0 Å². The number of aromatic nitrogens is 2. The molecule has 4 rings (SSSR count). The number of nitrogens with zero attached hydrogens (tertiary/aromatic N) is 3. The quantitative estimate of drug-likeness (QED) is 0.904.